The molecule has 0 aliphatic rings. The first-order valence-corrected chi connectivity index (χ1v) is 8.07. The van der Waals surface area contributed by atoms with E-state index in [4.69, 9.17) is 4.52 Å². The molecule has 1 aromatic heterocycles. The number of rotatable bonds is 7. The van der Waals surface area contributed by atoms with E-state index in [9.17, 15) is 4.79 Å². The smallest absolute Gasteiger partial charge is 0.257 e. The van der Waals surface area contributed by atoms with E-state index in [2.05, 4.69) is 41.4 Å². The lowest BCUT2D eigenvalue weighted by Gasteiger charge is -2.20. The number of aromatic nitrogens is 1. The molecule has 124 valence electrons. The Morgan fingerprint density at radius 2 is 1.83 bits per heavy atom. The zero-order valence-corrected chi connectivity index (χ0v) is 14.3. The highest BCUT2D eigenvalue weighted by molar-refractivity contribution is 5.96. The minimum absolute atomic E-state index is 0.140. The zero-order valence-electron chi connectivity index (χ0n) is 14.3. The van der Waals surface area contributed by atoms with Gasteiger partial charge in [-0.3, -0.25) is 9.69 Å². The predicted molar refractivity (Wildman–Crippen MR) is 90.2 cm³/mol. The maximum atomic E-state index is 12.3. The van der Waals surface area contributed by atoms with Gasteiger partial charge < -0.3 is 9.84 Å². The average molecular weight is 315 g/mol. The van der Waals surface area contributed by atoms with Crippen LogP contribution in [0.5, 0.6) is 0 Å². The summed E-state index contributed by atoms with van der Waals surface area (Å²) >= 11 is 0. The Hall–Kier alpha value is -2.14. The third-order valence-electron chi connectivity index (χ3n) is 4.11. The van der Waals surface area contributed by atoms with E-state index in [1.165, 1.54) is 5.56 Å². The van der Waals surface area contributed by atoms with Gasteiger partial charge in [0, 0.05) is 13.1 Å². The van der Waals surface area contributed by atoms with Crippen LogP contribution in [0.1, 0.15) is 46.8 Å². The fourth-order valence-corrected chi connectivity index (χ4v) is 2.64. The summed E-state index contributed by atoms with van der Waals surface area (Å²) in [5, 5.41) is 6.80. The Morgan fingerprint density at radius 1 is 1.17 bits per heavy atom. The predicted octanol–water partition coefficient (Wildman–Crippen LogP) is 3.06. The number of amides is 1. The molecule has 0 aliphatic carbocycles. The van der Waals surface area contributed by atoms with Gasteiger partial charge in [-0.15, -0.1) is 0 Å². The molecule has 1 N–H and O–H groups in total. The van der Waals surface area contributed by atoms with Crippen molar-refractivity contribution in [2.75, 3.05) is 13.1 Å². The Bertz CT molecular complexity index is 641. The topological polar surface area (TPSA) is 58.4 Å². The monoisotopic (exact) mass is 315 g/mol. The standard InChI is InChI=1S/C18H25N3O2/c1-5-21(6-2)12-16-10-8-7-9-15(16)11-19-18(22)17-13(3)20-23-14(17)4/h7-10H,5-6,11-12H2,1-4H3,(H,19,22). The number of hydrogen-bond acceptors (Lipinski definition) is 4. The van der Waals surface area contributed by atoms with Crippen LogP contribution in [0.4, 0.5) is 0 Å². The normalized spacial score (nSPS) is 11.0. The van der Waals surface area contributed by atoms with Gasteiger partial charge in [-0.25, -0.2) is 0 Å². The van der Waals surface area contributed by atoms with E-state index >= 15 is 0 Å². The lowest BCUT2D eigenvalue weighted by Crippen LogP contribution is -2.26. The molecule has 0 saturated heterocycles. The highest BCUT2D eigenvalue weighted by atomic mass is 16.5. The summed E-state index contributed by atoms with van der Waals surface area (Å²) in [5.74, 6) is 0.412. The van der Waals surface area contributed by atoms with Gasteiger partial charge in [0.15, 0.2) is 0 Å². The van der Waals surface area contributed by atoms with Gasteiger partial charge in [-0.1, -0.05) is 43.3 Å². The van der Waals surface area contributed by atoms with Crippen molar-refractivity contribution in [3.63, 3.8) is 0 Å². The molecule has 5 nitrogen and oxygen atoms in total. The highest BCUT2D eigenvalue weighted by Crippen LogP contribution is 2.14. The number of aryl methyl sites for hydroxylation is 2. The van der Waals surface area contributed by atoms with E-state index in [0.717, 1.165) is 25.2 Å². The van der Waals surface area contributed by atoms with Crippen molar-refractivity contribution >= 4 is 5.91 Å². The average Bonchev–Trinajstić information content (AvgIpc) is 2.90. The van der Waals surface area contributed by atoms with Gasteiger partial charge in [0.1, 0.15) is 11.3 Å². The number of benzene rings is 1. The van der Waals surface area contributed by atoms with Crippen molar-refractivity contribution in [3.8, 4) is 0 Å². The van der Waals surface area contributed by atoms with Crippen LogP contribution in [0.2, 0.25) is 0 Å². The van der Waals surface area contributed by atoms with Gasteiger partial charge in [0.05, 0.1) is 5.69 Å². The Balaban J connectivity index is 2.07. The molecule has 0 saturated carbocycles. The van der Waals surface area contributed by atoms with Gasteiger partial charge in [-0.2, -0.15) is 0 Å². The molecule has 2 aromatic rings. The molecule has 0 unspecified atom stereocenters. The molecule has 2 rings (SSSR count). The summed E-state index contributed by atoms with van der Waals surface area (Å²) in [7, 11) is 0. The summed E-state index contributed by atoms with van der Waals surface area (Å²) in [5.41, 5.74) is 3.54. The minimum atomic E-state index is -0.140. The number of carbonyl (C=O) groups excluding carboxylic acids is 1. The van der Waals surface area contributed by atoms with E-state index < -0.39 is 0 Å². The third kappa shape index (κ3) is 4.20. The van der Waals surface area contributed by atoms with Crippen molar-refractivity contribution in [2.45, 2.75) is 40.8 Å². The number of carbonyl (C=O) groups is 1. The van der Waals surface area contributed by atoms with Crippen LogP contribution in [-0.4, -0.2) is 29.1 Å². The van der Waals surface area contributed by atoms with Crippen LogP contribution in [0, 0.1) is 13.8 Å². The first-order chi connectivity index (χ1) is 11.1. The fraction of sp³-hybridized carbons (Fsp3) is 0.444. The molecule has 0 bridgehead atoms. The van der Waals surface area contributed by atoms with Crippen LogP contribution in [-0.2, 0) is 13.1 Å². The van der Waals surface area contributed by atoms with Crippen molar-refractivity contribution in [2.24, 2.45) is 0 Å². The molecule has 23 heavy (non-hydrogen) atoms. The number of nitrogens with one attached hydrogen (secondary N) is 1. The van der Waals surface area contributed by atoms with E-state index in [1.807, 2.05) is 12.1 Å². The maximum Gasteiger partial charge on any atom is 0.257 e. The molecular weight excluding hydrogens is 290 g/mol. The van der Waals surface area contributed by atoms with Crippen LogP contribution >= 0.6 is 0 Å². The molecule has 1 heterocycles. The first-order valence-electron chi connectivity index (χ1n) is 8.07. The van der Waals surface area contributed by atoms with Crippen molar-refractivity contribution in [1.29, 1.82) is 0 Å². The molecule has 0 spiro atoms. The number of hydrogen-bond donors (Lipinski definition) is 1. The van der Waals surface area contributed by atoms with E-state index in [-0.39, 0.29) is 5.91 Å². The lowest BCUT2D eigenvalue weighted by molar-refractivity contribution is 0.0948. The second-order valence-corrected chi connectivity index (χ2v) is 5.61. The Labute approximate surface area is 137 Å². The summed E-state index contributed by atoms with van der Waals surface area (Å²) in [6.07, 6.45) is 0. The summed E-state index contributed by atoms with van der Waals surface area (Å²) < 4.78 is 5.06. The molecule has 0 fully saturated rings. The van der Waals surface area contributed by atoms with Crippen molar-refractivity contribution in [1.82, 2.24) is 15.4 Å². The minimum Gasteiger partial charge on any atom is -0.361 e. The van der Waals surface area contributed by atoms with Crippen LogP contribution in [0.3, 0.4) is 0 Å². The van der Waals surface area contributed by atoms with Gasteiger partial charge >= 0.3 is 0 Å². The molecule has 5 heteroatoms. The van der Waals surface area contributed by atoms with Gasteiger partial charge in [-0.05, 0) is 38.1 Å². The van der Waals surface area contributed by atoms with Crippen LogP contribution in [0.15, 0.2) is 28.8 Å². The quantitative estimate of drug-likeness (QED) is 0.853. The maximum absolute atomic E-state index is 12.3. The SMILES string of the molecule is CCN(CC)Cc1ccccc1CNC(=O)c1c(C)noc1C. The molecule has 1 amide bonds. The molecule has 0 aliphatic heterocycles. The van der Waals surface area contributed by atoms with Crippen LogP contribution < -0.4 is 5.32 Å². The van der Waals surface area contributed by atoms with E-state index in [1.54, 1.807) is 13.8 Å². The molecular formula is C18H25N3O2. The highest BCUT2D eigenvalue weighted by Gasteiger charge is 2.17. The number of nitrogens with zero attached hydrogens (tertiary/aromatic N) is 2. The van der Waals surface area contributed by atoms with Crippen LogP contribution in [0.25, 0.3) is 0 Å². The Kier molecular flexibility index (Phi) is 5.93. The lowest BCUT2D eigenvalue weighted by atomic mass is 10.1. The summed E-state index contributed by atoms with van der Waals surface area (Å²) in [6.45, 7) is 11.3. The largest absolute Gasteiger partial charge is 0.361 e. The van der Waals surface area contributed by atoms with Gasteiger partial charge in [0.25, 0.3) is 5.91 Å². The Morgan fingerprint density at radius 3 is 2.39 bits per heavy atom. The van der Waals surface area contributed by atoms with Crippen molar-refractivity contribution in [3.05, 3.63) is 52.4 Å². The zero-order chi connectivity index (χ0) is 16.8. The first kappa shape index (κ1) is 17.2. The fourth-order valence-electron chi connectivity index (χ4n) is 2.64. The second kappa shape index (κ2) is 7.92. The summed E-state index contributed by atoms with van der Waals surface area (Å²) in [6, 6.07) is 8.23. The third-order valence-corrected chi connectivity index (χ3v) is 4.11. The van der Waals surface area contributed by atoms with Crippen molar-refractivity contribution < 1.29 is 9.32 Å². The summed E-state index contributed by atoms with van der Waals surface area (Å²) in [4.78, 5) is 14.7. The molecule has 0 atom stereocenters. The molecule has 1 aromatic carbocycles. The van der Waals surface area contributed by atoms with Gasteiger partial charge in [0.2, 0.25) is 0 Å². The molecule has 0 radical (unpaired) electrons. The second-order valence-electron chi connectivity index (χ2n) is 5.61. The van der Waals surface area contributed by atoms with E-state index in [0.29, 0.717) is 23.6 Å².